The van der Waals surface area contributed by atoms with Gasteiger partial charge in [-0.3, -0.25) is 4.79 Å². The lowest BCUT2D eigenvalue weighted by Gasteiger charge is -2.11. The van der Waals surface area contributed by atoms with Crippen LogP contribution in [0.25, 0.3) is 5.69 Å². The van der Waals surface area contributed by atoms with Gasteiger partial charge in [0.15, 0.2) is 0 Å². The Hall–Kier alpha value is -3.06. The minimum absolute atomic E-state index is 0.0644. The maximum atomic E-state index is 12.6. The second-order valence-corrected chi connectivity index (χ2v) is 7.72. The summed E-state index contributed by atoms with van der Waals surface area (Å²) in [5, 5.41) is 7.03. The Morgan fingerprint density at radius 1 is 1.10 bits per heavy atom. The van der Waals surface area contributed by atoms with Crippen molar-refractivity contribution < 1.29 is 14.3 Å². The average molecular weight is 410 g/mol. The molecule has 0 radical (unpaired) electrons. The van der Waals surface area contributed by atoms with Gasteiger partial charge in [0.25, 0.3) is 0 Å². The van der Waals surface area contributed by atoms with E-state index in [1.54, 1.807) is 23.0 Å². The van der Waals surface area contributed by atoms with Gasteiger partial charge in [0, 0.05) is 23.3 Å². The van der Waals surface area contributed by atoms with Gasteiger partial charge in [0.2, 0.25) is 5.91 Å². The highest BCUT2D eigenvalue weighted by atomic mass is 32.2. The molecule has 1 amide bonds. The van der Waals surface area contributed by atoms with Crippen LogP contribution in [0.2, 0.25) is 0 Å². The molecular weight excluding hydrogens is 386 g/mol. The fourth-order valence-electron chi connectivity index (χ4n) is 2.66. The van der Waals surface area contributed by atoms with Crippen molar-refractivity contribution in [3.05, 3.63) is 78.1 Å². The van der Waals surface area contributed by atoms with Gasteiger partial charge in [-0.25, -0.2) is 9.48 Å². The maximum Gasteiger partial charge on any atom is 0.339 e. The van der Waals surface area contributed by atoms with Crippen LogP contribution in [0, 0.1) is 0 Å². The number of ether oxygens (including phenoxy) is 1. The van der Waals surface area contributed by atoms with Crippen LogP contribution in [0.4, 0.5) is 0 Å². The summed E-state index contributed by atoms with van der Waals surface area (Å²) in [5.41, 5.74) is 2.28. The number of nitrogens with one attached hydrogen (secondary N) is 1. The molecule has 0 atom stereocenters. The minimum atomic E-state index is -0.409. The van der Waals surface area contributed by atoms with Crippen molar-refractivity contribution >= 4 is 23.6 Å². The number of aromatic nitrogens is 2. The SMILES string of the molecule is CC(C)NC(=O)CSc1ccccc1C(=O)OCc1ccc(-n2cccn2)cc1. The second-order valence-electron chi connectivity index (χ2n) is 6.70. The zero-order chi connectivity index (χ0) is 20.6. The molecule has 0 saturated carbocycles. The van der Waals surface area contributed by atoms with Crippen molar-refractivity contribution in [2.24, 2.45) is 0 Å². The molecule has 29 heavy (non-hydrogen) atoms. The molecule has 0 spiro atoms. The molecule has 0 aliphatic heterocycles. The van der Waals surface area contributed by atoms with E-state index < -0.39 is 5.97 Å². The van der Waals surface area contributed by atoms with E-state index in [0.29, 0.717) is 5.56 Å². The highest BCUT2D eigenvalue weighted by Crippen LogP contribution is 2.23. The van der Waals surface area contributed by atoms with Gasteiger partial charge in [-0.2, -0.15) is 5.10 Å². The number of benzene rings is 2. The molecule has 1 heterocycles. The van der Waals surface area contributed by atoms with Crippen molar-refractivity contribution in [3.8, 4) is 5.69 Å². The number of carbonyl (C=O) groups excluding carboxylic acids is 2. The Morgan fingerprint density at radius 2 is 1.86 bits per heavy atom. The molecule has 0 fully saturated rings. The van der Waals surface area contributed by atoms with Gasteiger partial charge in [-0.05, 0) is 49.7 Å². The molecule has 1 aromatic heterocycles. The third kappa shape index (κ3) is 5.96. The first kappa shape index (κ1) is 20.7. The van der Waals surface area contributed by atoms with E-state index in [-0.39, 0.29) is 24.3 Å². The van der Waals surface area contributed by atoms with Crippen molar-refractivity contribution in [3.63, 3.8) is 0 Å². The van der Waals surface area contributed by atoms with E-state index in [1.165, 1.54) is 11.8 Å². The Morgan fingerprint density at radius 3 is 2.55 bits per heavy atom. The number of esters is 1. The smallest absolute Gasteiger partial charge is 0.339 e. The first-order valence-electron chi connectivity index (χ1n) is 9.30. The Labute approximate surface area is 174 Å². The lowest BCUT2D eigenvalue weighted by molar-refractivity contribution is -0.119. The lowest BCUT2D eigenvalue weighted by Crippen LogP contribution is -2.31. The molecule has 150 valence electrons. The van der Waals surface area contributed by atoms with Crippen LogP contribution in [-0.4, -0.2) is 33.5 Å². The molecule has 3 rings (SSSR count). The first-order valence-corrected chi connectivity index (χ1v) is 10.3. The fourth-order valence-corrected chi connectivity index (χ4v) is 3.51. The monoisotopic (exact) mass is 409 g/mol. The Kier molecular flexibility index (Phi) is 7.08. The van der Waals surface area contributed by atoms with Crippen LogP contribution in [-0.2, 0) is 16.1 Å². The molecule has 7 heteroatoms. The quantitative estimate of drug-likeness (QED) is 0.452. The fraction of sp³-hybridized carbons (Fsp3) is 0.227. The van der Waals surface area contributed by atoms with Gasteiger partial charge in [0.05, 0.1) is 17.0 Å². The summed E-state index contributed by atoms with van der Waals surface area (Å²) in [7, 11) is 0. The lowest BCUT2D eigenvalue weighted by atomic mass is 10.2. The molecule has 2 aromatic carbocycles. The van der Waals surface area contributed by atoms with Crippen LogP contribution < -0.4 is 5.32 Å². The summed E-state index contributed by atoms with van der Waals surface area (Å²) in [5.74, 6) is -0.226. The van der Waals surface area contributed by atoms with Crippen LogP contribution in [0.15, 0.2) is 71.9 Å². The van der Waals surface area contributed by atoms with Crippen molar-refractivity contribution in [2.45, 2.75) is 31.4 Å². The van der Waals surface area contributed by atoms with Crippen molar-refractivity contribution in [2.75, 3.05) is 5.75 Å². The predicted molar refractivity (Wildman–Crippen MR) is 113 cm³/mol. The van der Waals surface area contributed by atoms with E-state index in [4.69, 9.17) is 4.74 Å². The molecule has 0 unspecified atom stereocenters. The summed E-state index contributed by atoms with van der Waals surface area (Å²) in [4.78, 5) is 25.2. The molecule has 0 saturated heterocycles. The van der Waals surface area contributed by atoms with Crippen LogP contribution in [0.3, 0.4) is 0 Å². The predicted octanol–water partition coefficient (Wildman–Crippen LogP) is 3.85. The zero-order valence-corrected chi connectivity index (χ0v) is 17.2. The van der Waals surface area contributed by atoms with E-state index in [2.05, 4.69) is 10.4 Å². The number of nitrogens with zero attached hydrogens (tertiary/aromatic N) is 2. The van der Waals surface area contributed by atoms with Gasteiger partial charge >= 0.3 is 5.97 Å². The zero-order valence-electron chi connectivity index (χ0n) is 16.4. The Bertz CT molecular complexity index is 954. The molecular formula is C22H23N3O3S. The summed E-state index contributed by atoms with van der Waals surface area (Å²) < 4.78 is 7.24. The Balaban J connectivity index is 1.58. The van der Waals surface area contributed by atoms with Crippen LogP contribution in [0.1, 0.15) is 29.8 Å². The van der Waals surface area contributed by atoms with E-state index in [0.717, 1.165) is 16.1 Å². The number of rotatable bonds is 8. The third-order valence-corrected chi connectivity index (χ3v) is 5.06. The van der Waals surface area contributed by atoms with Gasteiger partial charge in [-0.15, -0.1) is 11.8 Å². The second kappa shape index (κ2) is 9.93. The molecule has 6 nitrogen and oxygen atoms in total. The van der Waals surface area contributed by atoms with Crippen LogP contribution >= 0.6 is 11.8 Å². The number of thioether (sulfide) groups is 1. The standard InChI is InChI=1S/C22H23N3O3S/c1-16(2)24-21(26)15-29-20-7-4-3-6-19(20)22(27)28-14-17-8-10-18(11-9-17)25-13-5-12-23-25/h3-13,16H,14-15H2,1-2H3,(H,24,26). The first-order chi connectivity index (χ1) is 14.0. The number of hydrogen-bond acceptors (Lipinski definition) is 5. The van der Waals surface area contributed by atoms with Gasteiger partial charge < -0.3 is 10.1 Å². The third-order valence-electron chi connectivity index (χ3n) is 3.99. The van der Waals surface area contributed by atoms with E-state index >= 15 is 0 Å². The molecule has 1 N–H and O–H groups in total. The number of hydrogen-bond donors (Lipinski definition) is 1. The van der Waals surface area contributed by atoms with Crippen LogP contribution in [0.5, 0.6) is 0 Å². The highest BCUT2D eigenvalue weighted by molar-refractivity contribution is 8.00. The number of amides is 1. The largest absolute Gasteiger partial charge is 0.457 e. The van der Waals surface area contributed by atoms with Gasteiger partial charge in [-0.1, -0.05) is 24.3 Å². The number of carbonyl (C=O) groups is 2. The van der Waals surface area contributed by atoms with Crippen molar-refractivity contribution in [1.29, 1.82) is 0 Å². The topological polar surface area (TPSA) is 73.2 Å². The maximum absolute atomic E-state index is 12.6. The average Bonchev–Trinajstić information content (AvgIpc) is 3.25. The summed E-state index contributed by atoms with van der Waals surface area (Å²) in [6.07, 6.45) is 3.59. The molecule has 0 aliphatic rings. The molecule has 0 bridgehead atoms. The minimum Gasteiger partial charge on any atom is -0.457 e. The van der Waals surface area contributed by atoms with Gasteiger partial charge in [0.1, 0.15) is 6.61 Å². The van der Waals surface area contributed by atoms with E-state index in [9.17, 15) is 9.59 Å². The summed E-state index contributed by atoms with van der Waals surface area (Å²) in [6, 6.07) is 16.8. The normalized spacial score (nSPS) is 10.7. The van der Waals surface area contributed by atoms with E-state index in [1.807, 2.05) is 62.5 Å². The summed E-state index contributed by atoms with van der Waals surface area (Å²) >= 11 is 1.32. The molecule has 3 aromatic rings. The highest BCUT2D eigenvalue weighted by Gasteiger charge is 2.14. The van der Waals surface area contributed by atoms with Crippen molar-refractivity contribution in [1.82, 2.24) is 15.1 Å². The molecule has 0 aliphatic carbocycles. The summed E-state index contributed by atoms with van der Waals surface area (Å²) in [6.45, 7) is 4.00.